The summed E-state index contributed by atoms with van der Waals surface area (Å²) >= 11 is 0. The highest BCUT2D eigenvalue weighted by molar-refractivity contribution is 6.03. The topological polar surface area (TPSA) is 110 Å². The predicted octanol–water partition coefficient (Wildman–Crippen LogP) is 13.0. The van der Waals surface area contributed by atoms with Crippen LogP contribution in [0.2, 0.25) is 0 Å². The highest BCUT2D eigenvalue weighted by Gasteiger charge is 2.65. The first kappa shape index (κ1) is 50.0. The number of carbonyl (C=O) groups excluding carboxylic acids is 1. The van der Waals surface area contributed by atoms with E-state index in [2.05, 4.69) is 61.7 Å². The molecule has 9 nitrogen and oxygen atoms in total. The van der Waals surface area contributed by atoms with Gasteiger partial charge < -0.3 is 34.2 Å². The van der Waals surface area contributed by atoms with Crippen molar-refractivity contribution in [1.29, 1.82) is 0 Å². The second-order valence-electron chi connectivity index (χ2n) is 18.3. The zero-order chi connectivity index (χ0) is 45.9. The number of benzene rings is 3. The molecule has 0 saturated heterocycles. The summed E-state index contributed by atoms with van der Waals surface area (Å²) in [6.45, 7) is 11.9. The number of aliphatic hydroxyl groups is 2. The number of oxime groups is 1. The number of hydrogen-bond donors (Lipinski definition) is 2. The molecule has 2 aliphatic carbocycles. The van der Waals surface area contributed by atoms with E-state index in [0.29, 0.717) is 38.2 Å². The molecule has 9 heteroatoms. The average molecular weight is 891 g/mol. The van der Waals surface area contributed by atoms with Crippen molar-refractivity contribution in [1.82, 2.24) is 4.90 Å². The molecule has 1 amide bonds. The Bertz CT molecular complexity index is 1960. The van der Waals surface area contributed by atoms with E-state index in [0.717, 1.165) is 97.3 Å². The number of hydrogen-bond acceptors (Lipinski definition) is 8. The second kappa shape index (κ2) is 26.0. The molecule has 3 aromatic carbocycles. The Hall–Kier alpha value is -4.44. The van der Waals surface area contributed by atoms with Crippen LogP contribution in [-0.2, 0) is 14.4 Å². The maximum atomic E-state index is 14.7. The molecular weight excluding hydrogens is 813 g/mol. The summed E-state index contributed by atoms with van der Waals surface area (Å²) in [7, 11) is 0. The third-order valence-electron chi connectivity index (χ3n) is 13.8. The van der Waals surface area contributed by atoms with Gasteiger partial charge in [0.2, 0.25) is 11.7 Å². The van der Waals surface area contributed by atoms with E-state index in [1.807, 2.05) is 49.4 Å². The van der Waals surface area contributed by atoms with Crippen LogP contribution in [0.3, 0.4) is 0 Å². The van der Waals surface area contributed by atoms with E-state index >= 15 is 0 Å². The molecule has 2 N–H and O–H groups in total. The first-order chi connectivity index (χ1) is 31.9. The van der Waals surface area contributed by atoms with E-state index in [1.54, 1.807) is 6.08 Å². The normalized spacial score (nSPS) is 22.6. The van der Waals surface area contributed by atoms with Crippen LogP contribution >= 0.6 is 0 Å². The molecule has 0 radical (unpaired) electrons. The molecule has 3 aliphatic rings. The number of nitrogens with zero attached hydrogens (tertiary/aromatic N) is 2. The number of fused-ring (bicyclic) bond motifs is 2. The fraction of sp³-hybridized carbons (Fsp3) is 0.571. The maximum absolute atomic E-state index is 14.7. The molecule has 0 bridgehead atoms. The lowest BCUT2D eigenvalue weighted by Gasteiger charge is -2.60. The van der Waals surface area contributed by atoms with Crippen LogP contribution in [0.25, 0.3) is 11.1 Å². The van der Waals surface area contributed by atoms with Gasteiger partial charge in [0.05, 0.1) is 18.2 Å². The third-order valence-corrected chi connectivity index (χ3v) is 13.8. The molecule has 3 aromatic rings. The highest BCUT2D eigenvalue weighted by atomic mass is 16.7. The van der Waals surface area contributed by atoms with Crippen LogP contribution < -0.4 is 9.47 Å². The number of allylic oxidation sites excluding steroid dienone is 1. The maximum Gasteiger partial charge on any atom is 0.239 e. The Labute approximate surface area is 390 Å². The summed E-state index contributed by atoms with van der Waals surface area (Å²) in [5.41, 5.74) is 5.19. The minimum absolute atomic E-state index is 0.115. The summed E-state index contributed by atoms with van der Waals surface area (Å²) < 4.78 is 21.3. The summed E-state index contributed by atoms with van der Waals surface area (Å²) in [6, 6.07) is 24.2. The van der Waals surface area contributed by atoms with Crippen molar-refractivity contribution in [2.24, 2.45) is 22.9 Å². The van der Waals surface area contributed by atoms with Gasteiger partial charge in [-0.2, -0.15) is 0 Å². The van der Waals surface area contributed by atoms with E-state index in [-0.39, 0.29) is 49.4 Å². The number of aliphatic hydroxyl groups excluding tert-OH is 2. The Balaban J connectivity index is 1.43. The lowest BCUT2D eigenvalue weighted by molar-refractivity contribution is -0.257. The van der Waals surface area contributed by atoms with Gasteiger partial charge in [0.25, 0.3) is 0 Å². The summed E-state index contributed by atoms with van der Waals surface area (Å²) in [4.78, 5) is 22.7. The van der Waals surface area contributed by atoms with Gasteiger partial charge in [-0.3, -0.25) is 4.79 Å². The monoisotopic (exact) mass is 891 g/mol. The molecule has 1 aliphatic heterocycles. The number of amides is 1. The van der Waals surface area contributed by atoms with Gasteiger partial charge in [0, 0.05) is 44.1 Å². The molecule has 0 spiro atoms. The first-order valence-electron chi connectivity index (χ1n) is 25.3. The van der Waals surface area contributed by atoms with Crippen molar-refractivity contribution >= 4 is 11.6 Å². The van der Waals surface area contributed by atoms with Crippen LogP contribution in [0.4, 0.5) is 0 Å². The Morgan fingerprint density at radius 1 is 0.815 bits per heavy atom. The van der Waals surface area contributed by atoms with Gasteiger partial charge in [-0.05, 0) is 104 Å². The number of unbranched alkanes of at least 4 members (excludes halogenated alkanes) is 10. The molecule has 6 unspecified atom stereocenters. The van der Waals surface area contributed by atoms with Crippen molar-refractivity contribution < 1.29 is 34.1 Å². The SMILES string of the molecule is C=CCOC12Oc3ccc(Oc4ccc(-c5ccccc5)cc4)cc3C3C(CCCCO)C(CCCCO)C=C(C(=NOCC)CC1N(CCC)C(=O)CCCCCCCCCCC)C32. The zero-order valence-electron chi connectivity index (χ0n) is 39.8. The number of carbonyl (C=O) groups is 1. The Morgan fingerprint density at radius 3 is 2.17 bits per heavy atom. The van der Waals surface area contributed by atoms with Crippen LogP contribution in [0.1, 0.15) is 148 Å². The Morgan fingerprint density at radius 2 is 1.49 bits per heavy atom. The van der Waals surface area contributed by atoms with E-state index in [4.69, 9.17) is 24.2 Å². The third kappa shape index (κ3) is 12.7. The number of ether oxygens (including phenoxy) is 3. The van der Waals surface area contributed by atoms with Gasteiger partial charge in [-0.1, -0.05) is 138 Å². The van der Waals surface area contributed by atoms with Gasteiger partial charge >= 0.3 is 0 Å². The molecular formula is C56H78N2O7. The summed E-state index contributed by atoms with van der Waals surface area (Å²) in [5, 5.41) is 24.8. The van der Waals surface area contributed by atoms with Crippen LogP contribution in [0.15, 0.2) is 102 Å². The van der Waals surface area contributed by atoms with Crippen molar-refractivity contribution in [2.45, 2.75) is 154 Å². The van der Waals surface area contributed by atoms with E-state index in [1.165, 1.54) is 38.5 Å². The van der Waals surface area contributed by atoms with E-state index < -0.39 is 11.8 Å². The average Bonchev–Trinajstić information content (AvgIpc) is 3.33. The van der Waals surface area contributed by atoms with Gasteiger partial charge in [-0.25, -0.2) is 0 Å². The summed E-state index contributed by atoms with van der Waals surface area (Å²) in [6.07, 6.45) is 21.5. The van der Waals surface area contributed by atoms with Crippen molar-refractivity contribution in [3.05, 3.63) is 103 Å². The van der Waals surface area contributed by atoms with Crippen LogP contribution in [0.5, 0.6) is 17.2 Å². The van der Waals surface area contributed by atoms with Gasteiger partial charge in [0.1, 0.15) is 29.9 Å². The fourth-order valence-corrected chi connectivity index (χ4v) is 10.8. The molecule has 6 rings (SSSR count). The second-order valence-corrected chi connectivity index (χ2v) is 18.3. The molecule has 65 heavy (non-hydrogen) atoms. The zero-order valence-corrected chi connectivity index (χ0v) is 39.8. The smallest absolute Gasteiger partial charge is 0.239 e. The van der Waals surface area contributed by atoms with Crippen molar-refractivity contribution in [3.63, 3.8) is 0 Å². The lowest BCUT2D eigenvalue weighted by atomic mass is 9.55. The minimum Gasteiger partial charge on any atom is -0.459 e. The predicted molar refractivity (Wildman–Crippen MR) is 262 cm³/mol. The fourth-order valence-electron chi connectivity index (χ4n) is 10.8. The minimum atomic E-state index is -1.26. The van der Waals surface area contributed by atoms with Crippen LogP contribution in [-0.4, -0.2) is 71.5 Å². The standard InChI is InChI=1S/C56H78N2O7/c1-5-9-10-11-12-13-14-15-19-28-53(61)58(35-6-2)52-41-50(57-63-8-4)48-39-44(26-20-22-36-59)47(27-21-23-37-60)54-49-40-46(33-34-51(49)65-56(52,55(48)54)62-38-7-3)64-45-31-29-43(30-32-45)42-24-17-16-18-25-42/h7,16-18,24-25,29-34,39-40,44,47,52,54-55,59-60H,3,5-6,8-15,19-23,26-28,35-38,41H2,1-2,4H3. The highest BCUT2D eigenvalue weighted by Crippen LogP contribution is 2.62. The quantitative estimate of drug-likeness (QED) is 0.0406. The molecule has 1 saturated carbocycles. The van der Waals surface area contributed by atoms with Gasteiger partial charge in [-0.15, -0.1) is 6.58 Å². The molecule has 6 atom stereocenters. The van der Waals surface area contributed by atoms with Gasteiger partial charge in [0.15, 0.2) is 0 Å². The molecule has 1 heterocycles. The molecule has 354 valence electrons. The summed E-state index contributed by atoms with van der Waals surface area (Å²) in [5.74, 6) is 0.856. The number of rotatable bonds is 29. The first-order valence-corrected chi connectivity index (χ1v) is 25.3. The molecule has 0 aromatic heterocycles. The van der Waals surface area contributed by atoms with E-state index in [9.17, 15) is 15.0 Å². The largest absolute Gasteiger partial charge is 0.459 e. The van der Waals surface area contributed by atoms with Crippen molar-refractivity contribution in [2.75, 3.05) is 33.0 Å². The van der Waals surface area contributed by atoms with Crippen molar-refractivity contribution in [3.8, 4) is 28.4 Å². The van der Waals surface area contributed by atoms with Crippen LogP contribution in [0, 0.1) is 17.8 Å². The lowest BCUT2D eigenvalue weighted by Crippen LogP contribution is -2.70. The Kier molecular flexibility index (Phi) is 20.0. The molecule has 1 fully saturated rings.